The fourth-order valence-corrected chi connectivity index (χ4v) is 4.62. The SMILES string of the molecule is COc1cc(Cn2c(CCc3ccccc3)nc3cc(C(C)CC(=O)NO)ccc32)cc(OC)c1OC. The summed E-state index contributed by atoms with van der Waals surface area (Å²) in [6.07, 6.45) is 1.81. The summed E-state index contributed by atoms with van der Waals surface area (Å²) in [6, 6.07) is 20.4. The molecule has 4 aromatic rings. The average molecular weight is 504 g/mol. The first kappa shape index (κ1) is 26.0. The molecule has 0 aliphatic carbocycles. The van der Waals surface area contributed by atoms with E-state index in [4.69, 9.17) is 24.4 Å². The van der Waals surface area contributed by atoms with Crippen molar-refractivity contribution in [3.63, 3.8) is 0 Å². The second kappa shape index (κ2) is 11.8. The zero-order valence-electron chi connectivity index (χ0n) is 21.7. The number of amides is 1. The maximum Gasteiger partial charge on any atom is 0.243 e. The van der Waals surface area contributed by atoms with E-state index in [2.05, 4.69) is 22.8 Å². The van der Waals surface area contributed by atoms with Crippen molar-refractivity contribution in [2.75, 3.05) is 21.3 Å². The Hall–Kier alpha value is -4.04. The van der Waals surface area contributed by atoms with Crippen molar-refractivity contribution in [1.82, 2.24) is 15.0 Å². The number of hydrogen-bond donors (Lipinski definition) is 2. The number of carbonyl (C=O) groups is 1. The number of methoxy groups -OCH3 is 3. The topological polar surface area (TPSA) is 94.8 Å². The van der Waals surface area contributed by atoms with Crippen molar-refractivity contribution in [3.8, 4) is 17.2 Å². The van der Waals surface area contributed by atoms with Crippen molar-refractivity contribution in [3.05, 3.63) is 83.2 Å². The highest BCUT2D eigenvalue weighted by Gasteiger charge is 2.18. The third-order valence-electron chi connectivity index (χ3n) is 6.58. The molecule has 8 nitrogen and oxygen atoms in total. The first-order chi connectivity index (χ1) is 18.0. The quantitative estimate of drug-likeness (QED) is 0.223. The van der Waals surface area contributed by atoms with Gasteiger partial charge in [-0.05, 0) is 53.3 Å². The molecular weight excluding hydrogens is 470 g/mol. The van der Waals surface area contributed by atoms with E-state index in [9.17, 15) is 4.79 Å². The summed E-state index contributed by atoms with van der Waals surface area (Å²) in [7, 11) is 4.81. The minimum absolute atomic E-state index is 0.0652. The molecule has 4 rings (SSSR count). The number of fused-ring (bicyclic) bond motifs is 1. The van der Waals surface area contributed by atoms with E-state index in [1.165, 1.54) is 5.56 Å². The number of aryl methyl sites for hydroxylation is 2. The van der Waals surface area contributed by atoms with E-state index in [1.54, 1.807) is 26.8 Å². The normalized spacial score (nSPS) is 11.8. The molecule has 0 bridgehead atoms. The molecule has 8 heteroatoms. The predicted octanol–water partition coefficient (Wildman–Crippen LogP) is 4.89. The molecule has 0 aliphatic heterocycles. The minimum Gasteiger partial charge on any atom is -0.493 e. The van der Waals surface area contributed by atoms with Crippen LogP contribution in [0.4, 0.5) is 0 Å². The lowest BCUT2D eigenvalue weighted by Gasteiger charge is -2.16. The first-order valence-electron chi connectivity index (χ1n) is 12.2. The lowest BCUT2D eigenvalue weighted by molar-refractivity contribution is -0.129. The second-order valence-corrected chi connectivity index (χ2v) is 9.02. The van der Waals surface area contributed by atoms with Crippen LogP contribution < -0.4 is 19.7 Å². The highest BCUT2D eigenvalue weighted by molar-refractivity contribution is 5.79. The van der Waals surface area contributed by atoms with Gasteiger partial charge < -0.3 is 18.8 Å². The molecule has 2 N–H and O–H groups in total. The number of hydrogen-bond acceptors (Lipinski definition) is 6. The van der Waals surface area contributed by atoms with Crippen LogP contribution in [0.5, 0.6) is 17.2 Å². The minimum atomic E-state index is -0.413. The maximum atomic E-state index is 11.7. The van der Waals surface area contributed by atoms with E-state index < -0.39 is 5.91 Å². The Bertz CT molecular complexity index is 1340. The molecule has 1 atom stereocenters. The summed E-state index contributed by atoms with van der Waals surface area (Å²) in [5.74, 6) is 2.24. The summed E-state index contributed by atoms with van der Waals surface area (Å²) >= 11 is 0. The summed E-state index contributed by atoms with van der Waals surface area (Å²) < 4.78 is 18.8. The standard InChI is InChI=1S/C29H33N3O5/c1-19(14-28(33)31-34)22-11-12-24-23(17-22)30-27(13-10-20-8-6-5-7-9-20)32(24)18-21-15-25(35-2)29(37-4)26(16-21)36-3/h5-9,11-12,15-17,19,34H,10,13-14,18H2,1-4H3,(H,31,33). The molecule has 1 aromatic heterocycles. The van der Waals surface area contributed by atoms with Gasteiger partial charge in [0.2, 0.25) is 11.7 Å². The number of carbonyl (C=O) groups excluding carboxylic acids is 1. The van der Waals surface area contributed by atoms with E-state index in [-0.39, 0.29) is 12.3 Å². The molecule has 0 saturated heterocycles. The summed E-state index contributed by atoms with van der Waals surface area (Å²) in [5, 5.41) is 8.90. The Morgan fingerprint density at radius 1 is 0.946 bits per heavy atom. The molecule has 0 radical (unpaired) electrons. The summed E-state index contributed by atoms with van der Waals surface area (Å²) in [4.78, 5) is 16.7. The van der Waals surface area contributed by atoms with Crippen LogP contribution in [0.2, 0.25) is 0 Å². The lowest BCUT2D eigenvalue weighted by Crippen LogP contribution is -2.20. The Morgan fingerprint density at radius 3 is 2.27 bits per heavy atom. The van der Waals surface area contributed by atoms with Gasteiger partial charge in [-0.1, -0.05) is 43.3 Å². The summed E-state index contributed by atoms with van der Waals surface area (Å²) in [5.41, 5.74) is 6.81. The number of ether oxygens (including phenoxy) is 3. The maximum absolute atomic E-state index is 11.7. The van der Waals surface area contributed by atoms with Crippen LogP contribution in [0, 0.1) is 0 Å². The highest BCUT2D eigenvalue weighted by Crippen LogP contribution is 2.38. The van der Waals surface area contributed by atoms with Crippen molar-refractivity contribution < 1.29 is 24.2 Å². The fourth-order valence-electron chi connectivity index (χ4n) is 4.62. The first-order valence-corrected chi connectivity index (χ1v) is 12.2. The third-order valence-corrected chi connectivity index (χ3v) is 6.58. The molecular formula is C29H33N3O5. The van der Waals surface area contributed by atoms with Gasteiger partial charge in [-0.2, -0.15) is 0 Å². The van der Waals surface area contributed by atoms with Gasteiger partial charge in [0.15, 0.2) is 11.5 Å². The van der Waals surface area contributed by atoms with Gasteiger partial charge in [0.1, 0.15) is 5.82 Å². The molecule has 3 aromatic carbocycles. The molecule has 1 amide bonds. The number of hydroxylamine groups is 1. The smallest absolute Gasteiger partial charge is 0.243 e. The second-order valence-electron chi connectivity index (χ2n) is 9.02. The number of nitrogens with one attached hydrogen (secondary N) is 1. The van der Waals surface area contributed by atoms with Crippen LogP contribution in [0.15, 0.2) is 60.7 Å². The monoisotopic (exact) mass is 503 g/mol. The molecule has 0 aliphatic rings. The van der Waals surface area contributed by atoms with Crippen LogP contribution in [0.1, 0.15) is 41.8 Å². The van der Waals surface area contributed by atoms with Crippen molar-refractivity contribution in [1.29, 1.82) is 0 Å². The number of benzene rings is 3. The summed E-state index contributed by atoms with van der Waals surface area (Å²) in [6.45, 7) is 2.53. The molecule has 194 valence electrons. The average Bonchev–Trinajstić information content (AvgIpc) is 3.27. The Labute approximate surface area is 216 Å². The van der Waals surface area contributed by atoms with Crippen LogP contribution in [0.25, 0.3) is 11.0 Å². The Balaban J connectivity index is 1.74. The zero-order valence-corrected chi connectivity index (χ0v) is 21.7. The van der Waals surface area contributed by atoms with Gasteiger partial charge in [-0.15, -0.1) is 0 Å². The van der Waals surface area contributed by atoms with Gasteiger partial charge in [0.25, 0.3) is 0 Å². The van der Waals surface area contributed by atoms with E-state index >= 15 is 0 Å². The van der Waals surface area contributed by atoms with Gasteiger partial charge in [0, 0.05) is 19.4 Å². The van der Waals surface area contributed by atoms with E-state index in [0.717, 1.165) is 40.8 Å². The molecule has 37 heavy (non-hydrogen) atoms. The Morgan fingerprint density at radius 2 is 1.65 bits per heavy atom. The molecule has 1 heterocycles. The third kappa shape index (κ3) is 5.86. The lowest BCUT2D eigenvalue weighted by atomic mass is 9.97. The van der Waals surface area contributed by atoms with E-state index in [1.807, 2.05) is 49.4 Å². The predicted molar refractivity (Wildman–Crippen MR) is 142 cm³/mol. The van der Waals surface area contributed by atoms with Crippen molar-refractivity contribution >= 4 is 16.9 Å². The molecule has 1 unspecified atom stereocenters. The fraction of sp³-hybridized carbons (Fsp3) is 0.310. The van der Waals surface area contributed by atoms with Crippen LogP contribution in [0.3, 0.4) is 0 Å². The zero-order chi connectivity index (χ0) is 26.4. The van der Waals surface area contributed by atoms with E-state index in [0.29, 0.717) is 23.8 Å². The van der Waals surface area contributed by atoms with Gasteiger partial charge in [-0.25, -0.2) is 10.5 Å². The van der Waals surface area contributed by atoms with Gasteiger partial charge >= 0.3 is 0 Å². The van der Waals surface area contributed by atoms with Crippen molar-refractivity contribution in [2.45, 2.75) is 38.6 Å². The van der Waals surface area contributed by atoms with Crippen molar-refractivity contribution in [2.24, 2.45) is 0 Å². The molecule has 0 spiro atoms. The number of aromatic nitrogens is 2. The van der Waals surface area contributed by atoms with Crippen LogP contribution in [-0.4, -0.2) is 42.0 Å². The van der Waals surface area contributed by atoms with Crippen LogP contribution in [-0.2, 0) is 24.2 Å². The van der Waals surface area contributed by atoms with Crippen LogP contribution >= 0.6 is 0 Å². The molecule has 0 saturated carbocycles. The Kier molecular flexibility index (Phi) is 8.30. The number of rotatable bonds is 11. The number of nitrogens with zero attached hydrogens (tertiary/aromatic N) is 2. The van der Waals surface area contributed by atoms with Gasteiger partial charge in [0.05, 0.1) is 32.4 Å². The van der Waals surface area contributed by atoms with Gasteiger partial charge in [-0.3, -0.25) is 10.0 Å². The largest absolute Gasteiger partial charge is 0.493 e. The molecule has 0 fully saturated rings. The highest BCUT2D eigenvalue weighted by atomic mass is 16.5. The number of imidazole rings is 1.